The van der Waals surface area contributed by atoms with Crippen LogP contribution in [0.3, 0.4) is 0 Å². The Balaban J connectivity index is 2.13. The van der Waals surface area contributed by atoms with Crippen LogP contribution in [0.5, 0.6) is 5.75 Å². The highest BCUT2D eigenvalue weighted by Gasteiger charge is 2.17. The van der Waals surface area contributed by atoms with E-state index in [-0.39, 0.29) is 29.9 Å². The third-order valence-corrected chi connectivity index (χ3v) is 3.28. The van der Waals surface area contributed by atoms with E-state index < -0.39 is 0 Å². The molecular weight excluding hydrogens is 246 g/mol. The zero-order valence-corrected chi connectivity index (χ0v) is 11.0. The molecule has 104 valence electrons. The SMILES string of the molecule is CNC(=O)COc1cccn(C2CCNCC2)c1=O. The summed E-state index contributed by atoms with van der Waals surface area (Å²) in [6.07, 6.45) is 3.64. The lowest BCUT2D eigenvalue weighted by atomic mass is 10.1. The number of likely N-dealkylation sites (N-methyl/N-ethyl adjacent to an activating group) is 1. The monoisotopic (exact) mass is 265 g/mol. The first-order valence-electron chi connectivity index (χ1n) is 6.47. The molecule has 0 aliphatic carbocycles. The lowest BCUT2D eigenvalue weighted by Crippen LogP contribution is -2.34. The Morgan fingerprint density at radius 2 is 2.26 bits per heavy atom. The number of amides is 1. The van der Waals surface area contributed by atoms with Crippen LogP contribution in [-0.4, -0.2) is 37.2 Å². The molecule has 6 heteroatoms. The van der Waals surface area contributed by atoms with Gasteiger partial charge >= 0.3 is 0 Å². The number of carbonyl (C=O) groups excluding carboxylic acids is 1. The Bertz CT molecular complexity index is 492. The van der Waals surface area contributed by atoms with E-state index in [2.05, 4.69) is 10.6 Å². The maximum Gasteiger partial charge on any atom is 0.293 e. The van der Waals surface area contributed by atoms with Gasteiger partial charge in [0, 0.05) is 19.3 Å². The predicted octanol–water partition coefficient (Wildman–Crippen LogP) is -0.102. The number of hydrogen-bond acceptors (Lipinski definition) is 4. The van der Waals surface area contributed by atoms with Crippen molar-refractivity contribution < 1.29 is 9.53 Å². The minimum Gasteiger partial charge on any atom is -0.478 e. The van der Waals surface area contributed by atoms with Crippen LogP contribution in [0.1, 0.15) is 18.9 Å². The molecule has 2 heterocycles. The molecule has 19 heavy (non-hydrogen) atoms. The second-order valence-corrected chi connectivity index (χ2v) is 4.53. The predicted molar refractivity (Wildman–Crippen MR) is 71.4 cm³/mol. The smallest absolute Gasteiger partial charge is 0.293 e. The fourth-order valence-electron chi connectivity index (χ4n) is 2.19. The number of ether oxygens (including phenoxy) is 1. The van der Waals surface area contributed by atoms with Gasteiger partial charge in [0.25, 0.3) is 11.5 Å². The molecule has 1 aromatic rings. The molecule has 1 aliphatic heterocycles. The highest BCUT2D eigenvalue weighted by molar-refractivity contribution is 5.77. The standard InChI is InChI=1S/C13H19N3O3/c1-14-12(17)9-19-11-3-2-8-16(13(11)18)10-4-6-15-7-5-10/h2-3,8,10,15H,4-7,9H2,1H3,(H,14,17). The fourth-order valence-corrected chi connectivity index (χ4v) is 2.19. The summed E-state index contributed by atoms with van der Waals surface area (Å²) in [5.41, 5.74) is -0.168. The largest absolute Gasteiger partial charge is 0.478 e. The van der Waals surface area contributed by atoms with Gasteiger partial charge in [-0.15, -0.1) is 0 Å². The molecule has 0 radical (unpaired) electrons. The third-order valence-electron chi connectivity index (χ3n) is 3.28. The van der Waals surface area contributed by atoms with Gasteiger partial charge in [0.1, 0.15) is 0 Å². The summed E-state index contributed by atoms with van der Waals surface area (Å²) in [5, 5.41) is 5.72. The van der Waals surface area contributed by atoms with E-state index in [0.29, 0.717) is 0 Å². The number of rotatable bonds is 4. The summed E-state index contributed by atoms with van der Waals surface area (Å²) in [4.78, 5) is 23.4. The summed E-state index contributed by atoms with van der Waals surface area (Å²) in [5.74, 6) is -0.0266. The third kappa shape index (κ3) is 3.35. The molecular formula is C13H19N3O3. The lowest BCUT2D eigenvalue weighted by molar-refractivity contribution is -0.122. The van der Waals surface area contributed by atoms with Gasteiger partial charge in [0.15, 0.2) is 12.4 Å². The van der Waals surface area contributed by atoms with Crippen molar-refractivity contribution in [1.29, 1.82) is 0 Å². The number of nitrogens with one attached hydrogen (secondary N) is 2. The Kier molecular flexibility index (Phi) is 4.57. The van der Waals surface area contributed by atoms with Gasteiger partial charge in [-0.05, 0) is 38.1 Å². The number of pyridine rings is 1. The normalized spacial score (nSPS) is 16.1. The van der Waals surface area contributed by atoms with Crippen molar-refractivity contribution in [2.24, 2.45) is 0 Å². The van der Waals surface area contributed by atoms with Crippen molar-refractivity contribution in [3.63, 3.8) is 0 Å². The van der Waals surface area contributed by atoms with Crippen LogP contribution in [0.25, 0.3) is 0 Å². The van der Waals surface area contributed by atoms with Gasteiger partial charge < -0.3 is 19.9 Å². The van der Waals surface area contributed by atoms with Crippen LogP contribution < -0.4 is 20.9 Å². The highest BCUT2D eigenvalue weighted by atomic mass is 16.5. The van der Waals surface area contributed by atoms with Crippen molar-refractivity contribution in [3.05, 3.63) is 28.7 Å². The van der Waals surface area contributed by atoms with Crippen molar-refractivity contribution in [2.45, 2.75) is 18.9 Å². The van der Waals surface area contributed by atoms with E-state index in [4.69, 9.17) is 4.74 Å². The van der Waals surface area contributed by atoms with E-state index in [1.807, 2.05) is 0 Å². The van der Waals surface area contributed by atoms with Crippen LogP contribution in [0, 0.1) is 0 Å². The quantitative estimate of drug-likeness (QED) is 0.797. The van der Waals surface area contributed by atoms with Crippen LogP contribution in [0.4, 0.5) is 0 Å². The minimum absolute atomic E-state index is 0.137. The van der Waals surface area contributed by atoms with Crippen LogP contribution in [0.2, 0.25) is 0 Å². The fraction of sp³-hybridized carbons (Fsp3) is 0.538. The first-order valence-corrected chi connectivity index (χ1v) is 6.47. The molecule has 2 N–H and O–H groups in total. The van der Waals surface area contributed by atoms with Gasteiger partial charge in [-0.1, -0.05) is 0 Å². The Hall–Kier alpha value is -1.82. The van der Waals surface area contributed by atoms with Gasteiger partial charge in [-0.3, -0.25) is 9.59 Å². The highest BCUT2D eigenvalue weighted by Crippen LogP contribution is 2.17. The summed E-state index contributed by atoms with van der Waals surface area (Å²) < 4.78 is 6.97. The molecule has 0 atom stereocenters. The number of carbonyl (C=O) groups is 1. The molecule has 0 unspecified atom stereocenters. The molecule has 0 aromatic carbocycles. The number of nitrogens with zero attached hydrogens (tertiary/aromatic N) is 1. The number of hydrogen-bond donors (Lipinski definition) is 2. The van der Waals surface area contributed by atoms with Gasteiger partial charge in [-0.2, -0.15) is 0 Å². The van der Waals surface area contributed by atoms with Crippen LogP contribution >= 0.6 is 0 Å². The Labute approximate surface area is 111 Å². The molecule has 1 amide bonds. The van der Waals surface area contributed by atoms with E-state index in [1.54, 1.807) is 22.9 Å². The Morgan fingerprint density at radius 3 is 2.95 bits per heavy atom. The topological polar surface area (TPSA) is 72.4 Å². The van der Waals surface area contributed by atoms with E-state index >= 15 is 0 Å². The van der Waals surface area contributed by atoms with Gasteiger partial charge in [-0.25, -0.2) is 0 Å². The van der Waals surface area contributed by atoms with Gasteiger partial charge in [0.2, 0.25) is 0 Å². The van der Waals surface area contributed by atoms with Crippen molar-refractivity contribution in [2.75, 3.05) is 26.7 Å². The molecule has 1 aliphatic rings. The number of aromatic nitrogens is 1. The van der Waals surface area contributed by atoms with Gasteiger partial charge in [0.05, 0.1) is 0 Å². The molecule has 2 rings (SSSR count). The Morgan fingerprint density at radius 1 is 1.53 bits per heavy atom. The summed E-state index contributed by atoms with van der Waals surface area (Å²) in [6.45, 7) is 1.70. The average molecular weight is 265 g/mol. The van der Waals surface area contributed by atoms with Crippen LogP contribution in [-0.2, 0) is 4.79 Å². The zero-order chi connectivity index (χ0) is 13.7. The molecule has 6 nitrogen and oxygen atoms in total. The number of piperidine rings is 1. The van der Waals surface area contributed by atoms with Crippen molar-refractivity contribution in [3.8, 4) is 5.75 Å². The molecule has 1 aromatic heterocycles. The average Bonchev–Trinajstić information content (AvgIpc) is 2.46. The molecule has 1 fully saturated rings. The van der Waals surface area contributed by atoms with Crippen molar-refractivity contribution >= 4 is 5.91 Å². The summed E-state index contributed by atoms with van der Waals surface area (Å²) >= 11 is 0. The van der Waals surface area contributed by atoms with Crippen LogP contribution in [0.15, 0.2) is 23.1 Å². The zero-order valence-electron chi connectivity index (χ0n) is 11.0. The summed E-state index contributed by atoms with van der Waals surface area (Å²) in [7, 11) is 1.53. The maximum atomic E-state index is 12.3. The maximum absolute atomic E-state index is 12.3. The summed E-state index contributed by atoms with van der Waals surface area (Å²) in [6, 6.07) is 3.59. The molecule has 1 saturated heterocycles. The second kappa shape index (κ2) is 6.38. The lowest BCUT2D eigenvalue weighted by Gasteiger charge is -2.24. The molecule has 0 spiro atoms. The first-order chi connectivity index (χ1) is 9.22. The van der Waals surface area contributed by atoms with E-state index in [0.717, 1.165) is 25.9 Å². The first kappa shape index (κ1) is 13.6. The van der Waals surface area contributed by atoms with Crippen molar-refractivity contribution in [1.82, 2.24) is 15.2 Å². The van der Waals surface area contributed by atoms with E-state index in [9.17, 15) is 9.59 Å². The minimum atomic E-state index is -0.253. The molecule has 0 saturated carbocycles. The second-order valence-electron chi connectivity index (χ2n) is 4.53. The molecule has 0 bridgehead atoms. The van der Waals surface area contributed by atoms with E-state index in [1.165, 1.54) is 7.05 Å².